The predicted octanol–water partition coefficient (Wildman–Crippen LogP) is 3.29. The van der Waals surface area contributed by atoms with Crippen LogP contribution in [0.4, 0.5) is 5.69 Å². The van der Waals surface area contributed by atoms with Crippen LogP contribution in [0.5, 0.6) is 0 Å². The minimum Gasteiger partial charge on any atom is -0.481 e. The number of hydrogen-bond acceptors (Lipinski definition) is 3. The number of aromatic nitrogens is 1. The predicted molar refractivity (Wildman–Crippen MR) is 78.7 cm³/mol. The van der Waals surface area contributed by atoms with Crippen LogP contribution in [0.2, 0.25) is 0 Å². The fourth-order valence-electron chi connectivity index (χ4n) is 3.00. The highest BCUT2D eigenvalue weighted by atomic mass is 16.4. The van der Waals surface area contributed by atoms with Crippen molar-refractivity contribution in [3.05, 3.63) is 36.7 Å². The van der Waals surface area contributed by atoms with Crippen LogP contribution >= 0.6 is 0 Å². The molecule has 0 aliphatic heterocycles. The minimum atomic E-state index is -0.670. The van der Waals surface area contributed by atoms with E-state index in [0.717, 1.165) is 35.7 Å². The molecule has 1 aromatic carbocycles. The first-order chi connectivity index (χ1) is 9.74. The Morgan fingerprint density at radius 2 is 2.20 bits per heavy atom. The first-order valence-electron chi connectivity index (χ1n) is 7.06. The lowest BCUT2D eigenvalue weighted by Crippen LogP contribution is -2.30. The number of pyridine rings is 1. The zero-order valence-electron chi connectivity index (χ0n) is 11.2. The van der Waals surface area contributed by atoms with Gasteiger partial charge >= 0.3 is 5.97 Å². The van der Waals surface area contributed by atoms with Crippen LogP contribution in [0.3, 0.4) is 0 Å². The SMILES string of the molecule is O=C(O)C1CCCC(Nc2cccc3ccncc23)C1. The molecule has 20 heavy (non-hydrogen) atoms. The van der Waals surface area contributed by atoms with E-state index in [1.165, 1.54) is 0 Å². The maximum Gasteiger partial charge on any atom is 0.306 e. The zero-order valence-corrected chi connectivity index (χ0v) is 11.2. The van der Waals surface area contributed by atoms with Crippen molar-refractivity contribution in [1.29, 1.82) is 0 Å². The second-order valence-electron chi connectivity index (χ2n) is 5.45. The highest BCUT2D eigenvalue weighted by molar-refractivity contribution is 5.93. The molecule has 4 heteroatoms. The molecule has 1 heterocycles. The van der Waals surface area contributed by atoms with Gasteiger partial charge in [0, 0.05) is 29.5 Å². The molecule has 0 saturated heterocycles. The van der Waals surface area contributed by atoms with Gasteiger partial charge < -0.3 is 10.4 Å². The number of nitrogens with zero attached hydrogens (tertiary/aromatic N) is 1. The Kier molecular flexibility index (Phi) is 3.54. The van der Waals surface area contributed by atoms with Crippen molar-refractivity contribution in [3.8, 4) is 0 Å². The molecule has 4 nitrogen and oxygen atoms in total. The van der Waals surface area contributed by atoms with E-state index in [9.17, 15) is 4.79 Å². The second kappa shape index (κ2) is 5.49. The molecule has 1 aliphatic carbocycles. The van der Waals surface area contributed by atoms with Gasteiger partial charge in [0.2, 0.25) is 0 Å². The van der Waals surface area contributed by atoms with Crippen LogP contribution in [0.1, 0.15) is 25.7 Å². The molecule has 0 amide bonds. The van der Waals surface area contributed by atoms with E-state index < -0.39 is 5.97 Å². The van der Waals surface area contributed by atoms with Crippen molar-refractivity contribution in [3.63, 3.8) is 0 Å². The number of carboxylic acid groups (broad SMARTS) is 1. The third kappa shape index (κ3) is 2.59. The molecule has 2 atom stereocenters. The van der Waals surface area contributed by atoms with E-state index in [-0.39, 0.29) is 12.0 Å². The lowest BCUT2D eigenvalue weighted by molar-refractivity contribution is -0.142. The largest absolute Gasteiger partial charge is 0.481 e. The maximum atomic E-state index is 11.1. The summed E-state index contributed by atoms with van der Waals surface area (Å²) in [7, 11) is 0. The van der Waals surface area contributed by atoms with Crippen LogP contribution in [-0.4, -0.2) is 22.1 Å². The maximum absolute atomic E-state index is 11.1. The molecular weight excluding hydrogens is 252 g/mol. The number of fused-ring (bicyclic) bond motifs is 1. The van der Waals surface area contributed by atoms with Crippen LogP contribution < -0.4 is 5.32 Å². The molecule has 2 aromatic rings. The Morgan fingerprint density at radius 1 is 1.30 bits per heavy atom. The van der Waals surface area contributed by atoms with Gasteiger partial charge in [-0.15, -0.1) is 0 Å². The summed E-state index contributed by atoms with van der Waals surface area (Å²) in [6.45, 7) is 0. The number of hydrogen-bond donors (Lipinski definition) is 2. The zero-order chi connectivity index (χ0) is 13.9. The number of aliphatic carboxylic acids is 1. The van der Waals surface area contributed by atoms with Crippen LogP contribution in [0, 0.1) is 5.92 Å². The number of anilines is 1. The summed E-state index contributed by atoms with van der Waals surface area (Å²) < 4.78 is 0. The Morgan fingerprint density at radius 3 is 3.05 bits per heavy atom. The number of carboxylic acids is 1. The first kappa shape index (κ1) is 12.9. The summed E-state index contributed by atoms with van der Waals surface area (Å²) >= 11 is 0. The fourth-order valence-corrected chi connectivity index (χ4v) is 3.00. The van der Waals surface area contributed by atoms with Crippen molar-refractivity contribution < 1.29 is 9.90 Å². The molecule has 1 saturated carbocycles. The highest BCUT2D eigenvalue weighted by Crippen LogP contribution is 2.29. The Balaban J connectivity index is 1.81. The second-order valence-corrected chi connectivity index (χ2v) is 5.45. The lowest BCUT2D eigenvalue weighted by atomic mass is 9.85. The van der Waals surface area contributed by atoms with E-state index in [1.54, 1.807) is 6.20 Å². The molecular formula is C16H18N2O2. The average molecular weight is 270 g/mol. The van der Waals surface area contributed by atoms with Gasteiger partial charge in [0.1, 0.15) is 0 Å². The molecule has 0 radical (unpaired) electrons. The summed E-state index contributed by atoms with van der Waals surface area (Å²) in [5.74, 6) is -0.884. The van der Waals surface area contributed by atoms with E-state index in [4.69, 9.17) is 5.11 Å². The van der Waals surface area contributed by atoms with Gasteiger partial charge in [-0.25, -0.2) is 0 Å². The topological polar surface area (TPSA) is 62.2 Å². The molecule has 1 aliphatic rings. The summed E-state index contributed by atoms with van der Waals surface area (Å²) in [6.07, 6.45) is 7.14. The summed E-state index contributed by atoms with van der Waals surface area (Å²) in [6, 6.07) is 8.33. The Bertz CT molecular complexity index is 621. The molecule has 0 spiro atoms. The smallest absolute Gasteiger partial charge is 0.306 e. The van der Waals surface area contributed by atoms with Gasteiger partial charge in [0.25, 0.3) is 0 Å². The number of rotatable bonds is 3. The van der Waals surface area contributed by atoms with Crippen LogP contribution in [0.25, 0.3) is 10.8 Å². The van der Waals surface area contributed by atoms with Crippen LogP contribution in [0.15, 0.2) is 36.7 Å². The van der Waals surface area contributed by atoms with Gasteiger partial charge in [-0.3, -0.25) is 9.78 Å². The van der Waals surface area contributed by atoms with Gasteiger partial charge in [-0.05, 0) is 36.8 Å². The summed E-state index contributed by atoms with van der Waals surface area (Å²) in [5.41, 5.74) is 1.05. The monoisotopic (exact) mass is 270 g/mol. The fraction of sp³-hybridized carbons (Fsp3) is 0.375. The quantitative estimate of drug-likeness (QED) is 0.898. The molecule has 2 N–H and O–H groups in total. The first-order valence-corrected chi connectivity index (χ1v) is 7.06. The standard InChI is InChI=1S/C16H18N2O2/c19-16(20)12-4-1-5-13(9-12)18-15-6-2-3-11-7-8-17-10-14(11)15/h2-3,6-8,10,12-13,18H,1,4-5,9H2,(H,19,20). The third-order valence-corrected chi connectivity index (χ3v) is 4.07. The van der Waals surface area contributed by atoms with Gasteiger partial charge in [-0.1, -0.05) is 18.6 Å². The Labute approximate surface area is 117 Å². The van der Waals surface area contributed by atoms with Gasteiger partial charge in [-0.2, -0.15) is 0 Å². The number of nitrogens with one attached hydrogen (secondary N) is 1. The third-order valence-electron chi connectivity index (χ3n) is 4.07. The van der Waals surface area contributed by atoms with E-state index in [1.807, 2.05) is 24.4 Å². The summed E-state index contributed by atoms with van der Waals surface area (Å²) in [5, 5.41) is 14.9. The molecule has 3 rings (SSSR count). The van der Waals surface area contributed by atoms with E-state index >= 15 is 0 Å². The Hall–Kier alpha value is -2.10. The van der Waals surface area contributed by atoms with Crippen molar-refractivity contribution in [1.82, 2.24) is 4.98 Å². The molecule has 0 bridgehead atoms. The average Bonchev–Trinajstić information content (AvgIpc) is 2.48. The molecule has 2 unspecified atom stereocenters. The molecule has 104 valence electrons. The lowest BCUT2D eigenvalue weighted by Gasteiger charge is -2.28. The number of benzene rings is 1. The summed E-state index contributed by atoms with van der Waals surface area (Å²) in [4.78, 5) is 15.3. The number of carbonyl (C=O) groups is 1. The van der Waals surface area contributed by atoms with Gasteiger partial charge in [0.15, 0.2) is 0 Å². The van der Waals surface area contributed by atoms with Gasteiger partial charge in [0.05, 0.1) is 5.92 Å². The molecule has 1 fully saturated rings. The highest BCUT2D eigenvalue weighted by Gasteiger charge is 2.26. The van der Waals surface area contributed by atoms with E-state index in [0.29, 0.717) is 6.42 Å². The van der Waals surface area contributed by atoms with Crippen molar-refractivity contribution in [2.24, 2.45) is 5.92 Å². The minimum absolute atomic E-state index is 0.214. The molecule has 1 aromatic heterocycles. The van der Waals surface area contributed by atoms with Crippen LogP contribution in [-0.2, 0) is 4.79 Å². The normalized spacial score (nSPS) is 22.6. The van der Waals surface area contributed by atoms with E-state index in [2.05, 4.69) is 16.4 Å². The van der Waals surface area contributed by atoms with Crippen molar-refractivity contribution in [2.75, 3.05) is 5.32 Å². The van der Waals surface area contributed by atoms with Crippen molar-refractivity contribution >= 4 is 22.4 Å². The van der Waals surface area contributed by atoms with Crippen molar-refractivity contribution in [2.45, 2.75) is 31.7 Å².